The third-order valence-electron chi connectivity index (χ3n) is 5.09. The van der Waals surface area contributed by atoms with Crippen LogP contribution in [-0.4, -0.2) is 37.6 Å². The predicted molar refractivity (Wildman–Crippen MR) is 128 cm³/mol. The fourth-order valence-electron chi connectivity index (χ4n) is 3.53. The normalized spacial score (nSPS) is 11.5. The Hall–Kier alpha value is -3.52. The van der Waals surface area contributed by atoms with Crippen molar-refractivity contribution in [2.24, 2.45) is 0 Å². The van der Waals surface area contributed by atoms with Crippen molar-refractivity contribution in [3.05, 3.63) is 60.4 Å². The van der Waals surface area contributed by atoms with Crippen LogP contribution in [0.5, 0.6) is 0 Å². The zero-order valence-corrected chi connectivity index (χ0v) is 18.2. The van der Waals surface area contributed by atoms with E-state index in [4.69, 9.17) is 9.97 Å². The average Bonchev–Trinajstić information content (AvgIpc) is 3.42. The second-order valence-corrected chi connectivity index (χ2v) is 8.44. The average molecular weight is 430 g/mol. The number of imidazole rings is 1. The summed E-state index contributed by atoms with van der Waals surface area (Å²) in [6.45, 7) is 5.66. The van der Waals surface area contributed by atoms with Crippen molar-refractivity contribution in [1.82, 2.24) is 24.5 Å². The molecule has 0 aliphatic rings. The summed E-state index contributed by atoms with van der Waals surface area (Å²) in [6.07, 6.45) is 3.62. The molecule has 0 unspecified atom stereocenters. The molecular weight excluding hydrogens is 406 g/mol. The van der Waals surface area contributed by atoms with E-state index in [0.717, 1.165) is 28.4 Å². The van der Waals surface area contributed by atoms with Crippen LogP contribution in [-0.2, 0) is 0 Å². The Kier molecular flexibility index (Phi) is 5.21. The van der Waals surface area contributed by atoms with Gasteiger partial charge >= 0.3 is 0 Å². The number of aromatic nitrogens is 5. The summed E-state index contributed by atoms with van der Waals surface area (Å²) in [4.78, 5) is 18.7. The van der Waals surface area contributed by atoms with Crippen LogP contribution in [0.15, 0.2) is 60.4 Å². The molecule has 5 rings (SSSR count). The van der Waals surface area contributed by atoms with Gasteiger partial charge in [-0.3, -0.25) is 0 Å². The van der Waals surface area contributed by atoms with Crippen molar-refractivity contribution in [3.8, 4) is 11.4 Å². The third-order valence-corrected chi connectivity index (χ3v) is 6.05. The van der Waals surface area contributed by atoms with Crippen molar-refractivity contribution in [1.29, 1.82) is 0 Å². The zero-order valence-electron chi connectivity index (χ0n) is 17.4. The van der Waals surface area contributed by atoms with Crippen molar-refractivity contribution in [2.75, 3.05) is 23.7 Å². The van der Waals surface area contributed by atoms with Gasteiger partial charge in [0.25, 0.3) is 0 Å². The topological polar surface area (TPSA) is 80.5 Å². The quantitative estimate of drug-likeness (QED) is 0.346. The summed E-state index contributed by atoms with van der Waals surface area (Å²) in [5, 5.41) is 10.1. The number of nitrogens with zero attached hydrogens (tertiary/aromatic N) is 5. The molecule has 4 heterocycles. The number of anilines is 2. The van der Waals surface area contributed by atoms with Gasteiger partial charge < -0.3 is 15.2 Å². The van der Waals surface area contributed by atoms with Gasteiger partial charge in [-0.05, 0) is 32.0 Å². The van der Waals surface area contributed by atoms with Gasteiger partial charge in [0, 0.05) is 46.4 Å². The molecule has 4 aromatic heterocycles. The van der Waals surface area contributed by atoms with Crippen molar-refractivity contribution < 1.29 is 0 Å². The minimum absolute atomic E-state index is 0.255. The molecule has 0 radical (unpaired) electrons. The lowest BCUT2D eigenvalue weighted by molar-refractivity contribution is 0.613. The minimum atomic E-state index is 0.255. The molecule has 0 bridgehead atoms. The Labute approximate surface area is 184 Å². The van der Waals surface area contributed by atoms with E-state index in [9.17, 15) is 0 Å². The van der Waals surface area contributed by atoms with Crippen LogP contribution >= 0.6 is 11.3 Å². The van der Waals surface area contributed by atoms with E-state index in [0.29, 0.717) is 18.9 Å². The lowest BCUT2D eigenvalue weighted by atomic mass is 10.1. The van der Waals surface area contributed by atoms with Crippen LogP contribution in [0, 0.1) is 0 Å². The molecule has 0 spiro atoms. The van der Waals surface area contributed by atoms with Gasteiger partial charge in [0.2, 0.25) is 0 Å². The fourth-order valence-corrected chi connectivity index (χ4v) is 4.47. The highest BCUT2D eigenvalue weighted by atomic mass is 32.1. The lowest BCUT2D eigenvalue weighted by Crippen LogP contribution is -2.15. The van der Waals surface area contributed by atoms with Gasteiger partial charge in [-0.1, -0.05) is 24.3 Å². The van der Waals surface area contributed by atoms with Gasteiger partial charge in [-0.15, -0.1) is 11.3 Å². The van der Waals surface area contributed by atoms with Crippen molar-refractivity contribution in [2.45, 2.75) is 19.9 Å². The molecule has 0 aliphatic carbocycles. The first-order valence-electron chi connectivity index (χ1n) is 10.3. The van der Waals surface area contributed by atoms with E-state index in [-0.39, 0.29) is 6.04 Å². The fraction of sp³-hybridized carbons (Fsp3) is 0.217. The van der Waals surface area contributed by atoms with Gasteiger partial charge in [-0.2, -0.15) is 0 Å². The Bertz CT molecular complexity index is 1320. The number of nitrogens with one attached hydrogen (secondary N) is 2. The first-order chi connectivity index (χ1) is 15.2. The van der Waals surface area contributed by atoms with Gasteiger partial charge in [-0.25, -0.2) is 19.9 Å². The molecule has 2 N–H and O–H groups in total. The Balaban J connectivity index is 1.49. The van der Waals surface area contributed by atoms with E-state index in [2.05, 4.69) is 68.7 Å². The molecule has 1 aromatic carbocycles. The maximum absolute atomic E-state index is 4.92. The number of fused-ring (bicyclic) bond motifs is 2. The largest absolute Gasteiger partial charge is 0.368 e. The number of hydrogen-bond donors (Lipinski definition) is 2. The monoisotopic (exact) mass is 429 g/mol. The zero-order chi connectivity index (χ0) is 21.2. The van der Waals surface area contributed by atoms with Crippen molar-refractivity contribution >= 4 is 44.2 Å². The number of hydrogen-bond acceptors (Lipinski definition) is 7. The summed E-state index contributed by atoms with van der Waals surface area (Å²) in [7, 11) is 0. The minimum Gasteiger partial charge on any atom is -0.368 e. The van der Waals surface area contributed by atoms with Crippen LogP contribution < -0.4 is 10.6 Å². The highest BCUT2D eigenvalue weighted by molar-refractivity contribution is 7.17. The summed E-state index contributed by atoms with van der Waals surface area (Å²) in [5.74, 6) is 2.32. The number of thiophene rings is 1. The van der Waals surface area contributed by atoms with Crippen LogP contribution in [0.2, 0.25) is 0 Å². The molecule has 156 valence electrons. The Morgan fingerprint density at radius 3 is 2.65 bits per heavy atom. The molecule has 0 amide bonds. The summed E-state index contributed by atoms with van der Waals surface area (Å²) >= 11 is 1.71. The number of benzene rings is 1. The molecule has 0 atom stereocenters. The molecular formula is C23H23N7S. The van der Waals surface area contributed by atoms with Crippen LogP contribution in [0.1, 0.15) is 19.9 Å². The standard InChI is InChI=1S/C23H23N7S/c1-15(2)30-14-27-20-22(26-12-11-25-19-9-5-6-10-24-19)28-21(29-23(20)30)17-13-31-18-8-4-3-7-16(17)18/h3-10,13-15H,11-12H2,1-2H3,(H,24,25)(H,26,28,29). The van der Waals surface area contributed by atoms with Crippen LogP contribution in [0.4, 0.5) is 11.6 Å². The molecule has 31 heavy (non-hydrogen) atoms. The van der Waals surface area contributed by atoms with E-state index in [1.54, 1.807) is 17.5 Å². The number of rotatable bonds is 7. The first kappa shape index (κ1) is 19.4. The van der Waals surface area contributed by atoms with E-state index in [1.165, 1.54) is 10.1 Å². The van der Waals surface area contributed by atoms with E-state index < -0.39 is 0 Å². The Morgan fingerprint density at radius 1 is 0.968 bits per heavy atom. The van der Waals surface area contributed by atoms with Crippen LogP contribution in [0.3, 0.4) is 0 Å². The van der Waals surface area contributed by atoms with E-state index >= 15 is 0 Å². The smallest absolute Gasteiger partial charge is 0.166 e. The molecule has 0 aliphatic heterocycles. The summed E-state index contributed by atoms with van der Waals surface area (Å²) < 4.78 is 3.32. The molecule has 7 nitrogen and oxygen atoms in total. The third kappa shape index (κ3) is 3.82. The second-order valence-electron chi connectivity index (χ2n) is 7.53. The highest BCUT2D eigenvalue weighted by Crippen LogP contribution is 2.34. The summed E-state index contributed by atoms with van der Waals surface area (Å²) in [6, 6.07) is 14.4. The van der Waals surface area contributed by atoms with Crippen LogP contribution in [0.25, 0.3) is 32.6 Å². The SMILES string of the molecule is CC(C)n1cnc2c(NCCNc3ccccn3)nc(-c3csc4ccccc34)nc21. The number of pyridine rings is 1. The molecule has 0 saturated heterocycles. The van der Waals surface area contributed by atoms with Gasteiger partial charge in [0.05, 0.1) is 6.33 Å². The summed E-state index contributed by atoms with van der Waals surface area (Å²) in [5.41, 5.74) is 2.68. The van der Waals surface area contributed by atoms with Gasteiger partial charge in [0.1, 0.15) is 11.3 Å². The molecule has 5 aromatic rings. The molecule has 0 fully saturated rings. The lowest BCUT2D eigenvalue weighted by Gasteiger charge is -2.11. The maximum Gasteiger partial charge on any atom is 0.166 e. The van der Waals surface area contributed by atoms with Gasteiger partial charge in [0.15, 0.2) is 17.3 Å². The predicted octanol–water partition coefficient (Wildman–Crippen LogP) is 5.21. The molecule has 8 heteroatoms. The Morgan fingerprint density at radius 2 is 1.81 bits per heavy atom. The maximum atomic E-state index is 4.92. The van der Waals surface area contributed by atoms with Crippen molar-refractivity contribution in [3.63, 3.8) is 0 Å². The first-order valence-corrected chi connectivity index (χ1v) is 11.2. The highest BCUT2D eigenvalue weighted by Gasteiger charge is 2.17. The molecule has 0 saturated carbocycles. The second kappa shape index (κ2) is 8.31. The van der Waals surface area contributed by atoms with E-state index in [1.807, 2.05) is 24.5 Å².